The molecule has 4 heterocycles. The smallest absolute Gasteiger partial charge is 0.232 e. The van der Waals surface area contributed by atoms with Crippen molar-refractivity contribution in [2.24, 2.45) is 0 Å². The fourth-order valence-electron chi connectivity index (χ4n) is 3.79. The second-order valence-corrected chi connectivity index (χ2v) is 9.20. The van der Waals surface area contributed by atoms with Crippen molar-refractivity contribution in [3.05, 3.63) is 46.4 Å². The number of nitrogens with zero attached hydrogens (tertiary/aromatic N) is 3. The molecule has 0 bridgehead atoms. The monoisotopic (exact) mass is 349 g/mol. The summed E-state index contributed by atoms with van der Waals surface area (Å²) in [5, 5.41) is 4.27. The Morgan fingerprint density at radius 1 is 1.35 bits per heavy atom. The first kappa shape index (κ1) is 15.1. The minimum atomic E-state index is -3.27. The number of pyridine rings is 1. The molecule has 0 N–H and O–H groups in total. The molecular formula is C16H19N3O2S2. The van der Waals surface area contributed by atoms with Gasteiger partial charge in [-0.15, -0.1) is 0 Å². The van der Waals surface area contributed by atoms with Gasteiger partial charge >= 0.3 is 0 Å². The summed E-state index contributed by atoms with van der Waals surface area (Å²) in [5.74, 6) is 0. The van der Waals surface area contributed by atoms with E-state index >= 15 is 0 Å². The summed E-state index contributed by atoms with van der Waals surface area (Å²) in [6, 6.07) is 5.84. The average molecular weight is 349 g/mol. The molecule has 2 aliphatic rings. The van der Waals surface area contributed by atoms with Gasteiger partial charge < -0.3 is 0 Å². The highest BCUT2D eigenvalue weighted by Crippen LogP contribution is 2.46. The van der Waals surface area contributed by atoms with E-state index in [9.17, 15) is 8.42 Å². The van der Waals surface area contributed by atoms with Crippen molar-refractivity contribution in [1.82, 2.24) is 9.88 Å². The van der Waals surface area contributed by atoms with Crippen molar-refractivity contribution in [3.63, 3.8) is 0 Å². The first-order chi connectivity index (χ1) is 11.0. The molecule has 2 aliphatic heterocycles. The molecule has 1 spiro atoms. The van der Waals surface area contributed by atoms with Gasteiger partial charge in [0.15, 0.2) is 0 Å². The van der Waals surface area contributed by atoms with E-state index in [4.69, 9.17) is 0 Å². The molecule has 4 rings (SSSR count). The van der Waals surface area contributed by atoms with E-state index in [0.717, 1.165) is 37.4 Å². The van der Waals surface area contributed by atoms with Gasteiger partial charge in [0.25, 0.3) is 0 Å². The first-order valence-corrected chi connectivity index (χ1v) is 10.4. The molecule has 2 aromatic heterocycles. The number of anilines is 1. The highest BCUT2D eigenvalue weighted by atomic mass is 32.2. The number of likely N-dealkylation sites (tertiary alicyclic amines) is 1. The fraction of sp³-hybridized carbons (Fsp3) is 0.438. The van der Waals surface area contributed by atoms with Gasteiger partial charge in [-0.25, -0.2) is 8.42 Å². The predicted octanol–water partition coefficient (Wildman–Crippen LogP) is 2.07. The van der Waals surface area contributed by atoms with Gasteiger partial charge in [0, 0.05) is 31.2 Å². The Hall–Kier alpha value is -1.44. The molecule has 0 saturated carbocycles. The number of thiophene rings is 1. The standard InChI is InChI=1S/C16H19N3O2S2/c1-23(20,21)19-12-16(15-14(19)3-2-6-17-15)5-7-18(11-16)9-13-4-8-22-10-13/h2-4,6,8,10H,5,7,9,11-12H2,1H3/t16-/m1/s1. The molecule has 1 fully saturated rings. The molecule has 0 aliphatic carbocycles. The third-order valence-corrected chi connectivity index (χ3v) is 6.68. The third-order valence-electron chi connectivity index (χ3n) is 4.82. The van der Waals surface area contributed by atoms with Crippen LogP contribution in [0.4, 0.5) is 5.69 Å². The number of rotatable bonds is 3. The summed E-state index contributed by atoms with van der Waals surface area (Å²) in [6.45, 7) is 3.27. The number of hydrogen-bond donors (Lipinski definition) is 0. The maximum atomic E-state index is 12.2. The summed E-state index contributed by atoms with van der Waals surface area (Å²) in [7, 11) is -3.27. The second kappa shape index (κ2) is 5.29. The van der Waals surface area contributed by atoms with Crippen LogP contribution in [0.15, 0.2) is 35.2 Å². The molecule has 0 amide bonds. The highest BCUT2D eigenvalue weighted by Gasteiger charge is 2.50. The number of hydrogen-bond acceptors (Lipinski definition) is 5. The SMILES string of the molecule is CS(=O)(=O)N1C[C@]2(CCN(Cc3ccsc3)C2)c2ncccc21. The van der Waals surface area contributed by atoms with E-state index in [0.29, 0.717) is 6.54 Å². The van der Waals surface area contributed by atoms with E-state index in [-0.39, 0.29) is 5.41 Å². The Kier molecular flexibility index (Phi) is 3.48. The summed E-state index contributed by atoms with van der Waals surface area (Å²) < 4.78 is 25.9. The Morgan fingerprint density at radius 2 is 2.22 bits per heavy atom. The molecule has 23 heavy (non-hydrogen) atoms. The summed E-state index contributed by atoms with van der Waals surface area (Å²) >= 11 is 1.71. The summed E-state index contributed by atoms with van der Waals surface area (Å²) in [4.78, 5) is 6.97. The zero-order valence-electron chi connectivity index (χ0n) is 13.0. The van der Waals surface area contributed by atoms with E-state index in [1.54, 1.807) is 17.5 Å². The van der Waals surface area contributed by atoms with Crippen LogP contribution >= 0.6 is 11.3 Å². The lowest BCUT2D eigenvalue weighted by atomic mass is 9.85. The molecule has 122 valence electrons. The van der Waals surface area contributed by atoms with Crippen LogP contribution in [-0.4, -0.2) is 44.2 Å². The van der Waals surface area contributed by atoms with Crippen molar-refractivity contribution < 1.29 is 8.42 Å². The first-order valence-electron chi connectivity index (χ1n) is 7.65. The summed E-state index contributed by atoms with van der Waals surface area (Å²) in [5.41, 5.74) is 2.85. The Labute approximate surface area is 140 Å². The molecule has 2 aromatic rings. The zero-order chi connectivity index (χ0) is 16.1. The van der Waals surface area contributed by atoms with Gasteiger partial charge in [0.2, 0.25) is 10.0 Å². The van der Waals surface area contributed by atoms with Crippen LogP contribution in [0.1, 0.15) is 17.7 Å². The molecule has 1 saturated heterocycles. The molecule has 0 aromatic carbocycles. The minimum absolute atomic E-state index is 0.171. The number of sulfonamides is 1. The second-order valence-electron chi connectivity index (χ2n) is 6.51. The van der Waals surface area contributed by atoms with Crippen LogP contribution in [0.3, 0.4) is 0 Å². The Balaban J connectivity index is 1.65. The van der Waals surface area contributed by atoms with Gasteiger partial charge in [-0.2, -0.15) is 11.3 Å². The lowest BCUT2D eigenvalue weighted by Gasteiger charge is -2.24. The Bertz CT molecular complexity index is 820. The van der Waals surface area contributed by atoms with Gasteiger partial charge in [0.05, 0.1) is 17.6 Å². The highest BCUT2D eigenvalue weighted by molar-refractivity contribution is 7.92. The van der Waals surface area contributed by atoms with Gasteiger partial charge in [-0.1, -0.05) is 0 Å². The van der Waals surface area contributed by atoms with Crippen molar-refractivity contribution in [2.45, 2.75) is 18.4 Å². The lowest BCUT2D eigenvalue weighted by molar-refractivity contribution is 0.307. The molecule has 1 atom stereocenters. The zero-order valence-corrected chi connectivity index (χ0v) is 14.6. The molecule has 7 heteroatoms. The van der Waals surface area contributed by atoms with Gasteiger partial charge in [-0.3, -0.25) is 14.2 Å². The topological polar surface area (TPSA) is 53.5 Å². The van der Waals surface area contributed by atoms with Crippen molar-refractivity contribution in [3.8, 4) is 0 Å². The Morgan fingerprint density at radius 3 is 2.96 bits per heavy atom. The number of fused-ring (bicyclic) bond motifs is 2. The largest absolute Gasteiger partial charge is 0.298 e. The third kappa shape index (κ3) is 2.56. The minimum Gasteiger partial charge on any atom is -0.298 e. The predicted molar refractivity (Wildman–Crippen MR) is 92.3 cm³/mol. The van der Waals surface area contributed by atoms with Crippen LogP contribution in [0, 0.1) is 0 Å². The van der Waals surface area contributed by atoms with E-state index < -0.39 is 10.0 Å². The molecular weight excluding hydrogens is 330 g/mol. The van der Waals surface area contributed by atoms with Crippen LogP contribution < -0.4 is 4.31 Å². The van der Waals surface area contributed by atoms with Crippen LogP contribution in [0.5, 0.6) is 0 Å². The van der Waals surface area contributed by atoms with Crippen LogP contribution in [0.2, 0.25) is 0 Å². The van der Waals surface area contributed by atoms with Crippen molar-refractivity contribution in [1.29, 1.82) is 0 Å². The lowest BCUT2D eigenvalue weighted by Crippen LogP contribution is -2.38. The van der Waals surface area contributed by atoms with Crippen LogP contribution in [-0.2, 0) is 22.0 Å². The number of aromatic nitrogens is 1. The fourth-order valence-corrected chi connectivity index (χ4v) is 5.44. The summed E-state index contributed by atoms with van der Waals surface area (Å²) in [6.07, 6.45) is 4.00. The van der Waals surface area contributed by atoms with Gasteiger partial charge in [0.1, 0.15) is 0 Å². The average Bonchev–Trinajstić information content (AvgIpc) is 3.21. The van der Waals surface area contributed by atoms with Crippen LogP contribution in [0.25, 0.3) is 0 Å². The van der Waals surface area contributed by atoms with E-state index in [2.05, 4.69) is 26.7 Å². The van der Waals surface area contributed by atoms with Crippen molar-refractivity contribution in [2.75, 3.05) is 30.2 Å². The molecule has 0 unspecified atom stereocenters. The quantitative estimate of drug-likeness (QED) is 0.851. The normalized spacial score (nSPS) is 24.5. The van der Waals surface area contributed by atoms with Gasteiger partial charge in [-0.05, 0) is 47.5 Å². The maximum absolute atomic E-state index is 12.2. The van der Waals surface area contributed by atoms with Crippen molar-refractivity contribution >= 4 is 27.0 Å². The van der Waals surface area contributed by atoms with E-state index in [1.807, 2.05) is 12.1 Å². The molecule has 0 radical (unpaired) electrons. The van der Waals surface area contributed by atoms with E-state index in [1.165, 1.54) is 16.1 Å². The molecule has 5 nitrogen and oxygen atoms in total. The maximum Gasteiger partial charge on any atom is 0.232 e.